The first-order chi connectivity index (χ1) is 35.4. The van der Waals surface area contributed by atoms with Crippen LogP contribution in [-0.2, 0) is 14.4 Å². The molecule has 0 saturated heterocycles. The van der Waals surface area contributed by atoms with Crippen LogP contribution in [0.5, 0.6) is 0 Å². The summed E-state index contributed by atoms with van der Waals surface area (Å²) in [5.74, 6) is -59.5. The predicted octanol–water partition coefficient (Wildman–Crippen LogP) is 11.6. The number of allylic oxidation sites excluding steroid dienone is 6. The summed E-state index contributed by atoms with van der Waals surface area (Å²) in [5, 5.41) is 29.0. The van der Waals surface area contributed by atoms with Gasteiger partial charge in [0.05, 0.1) is 0 Å². The Labute approximate surface area is 393 Å². The van der Waals surface area contributed by atoms with Crippen LogP contribution in [0.4, 0.5) is 92.2 Å². The molecule has 0 aliphatic carbocycles. The zero-order chi connectivity index (χ0) is 70.1. The van der Waals surface area contributed by atoms with Gasteiger partial charge in [0.2, 0.25) is 17.3 Å². The Balaban J connectivity index is -0.000000576. The molecule has 0 aliphatic heterocycles. The molecule has 0 aliphatic rings. The van der Waals surface area contributed by atoms with Crippen LogP contribution in [0.3, 0.4) is 0 Å². The number of hydrogen-bond donors (Lipinski definition) is 3. The summed E-state index contributed by atoms with van der Waals surface area (Å²) in [6, 6.07) is 0. The minimum absolute atomic E-state index is 0. The van der Waals surface area contributed by atoms with Crippen molar-refractivity contribution in [2.24, 2.45) is 16.2 Å². The van der Waals surface area contributed by atoms with Crippen LogP contribution >= 0.6 is 0 Å². The van der Waals surface area contributed by atoms with Gasteiger partial charge in [-0.2, -0.15) is 92.2 Å². The molecule has 0 rings (SSSR count). The van der Waals surface area contributed by atoms with E-state index in [2.05, 4.69) is 0 Å². The quantitative estimate of drug-likeness (QED) is 0.120. The van der Waals surface area contributed by atoms with E-state index < -0.39 is 185 Å². The molecule has 0 aromatic carbocycles. The number of carbonyl (C=O) groups is 3. The zero-order valence-electron chi connectivity index (χ0n) is 53.1. The SMILES string of the molecule is [2H]C([2H])([2H])C(C(O)=CC(=O)C(F)(F)C(F)(F)C(F)(F)F)(C([2H])([2H])[2H])C([2H])([2H])[2H].[2H]C([2H])([2H])C(C(O)=CC(=O)C(F)(F)C(F)(F)C(F)(F)F)(C([2H])([2H])[2H])C([2H])([2H])[2H].[2H]C([2H])([2H])C(C(O)=CC(=O)C(F)(F)C(F)(F)C(F)(F)F)(C([2H])([2H])[2H])C([2H])([2H])[2H].[Eu]. The van der Waals surface area contributed by atoms with Crippen molar-refractivity contribution in [1.82, 2.24) is 0 Å². The van der Waals surface area contributed by atoms with E-state index >= 15 is 0 Å². The first kappa shape index (κ1) is 26.9. The monoisotopic (exact) mass is 1070 g/mol. The normalized spacial score (nSPS) is 24.2. The molecule has 0 fully saturated rings. The standard InChI is InChI=1S/3C10H11F7O2.Eu/c3*1-7(2,3)5(18)4-6(19)8(11,12)9(13,14)10(15,16)17;/h3*4,18H,1-3H3;/i3*1D3,2D3,3D3;. The molecule has 3 N–H and O–H groups in total. The third-order valence-electron chi connectivity index (χ3n) is 5.14. The van der Waals surface area contributed by atoms with Gasteiger partial charge in [-0.25, -0.2) is 0 Å². The molecule has 343 valence electrons. The summed E-state index contributed by atoms with van der Waals surface area (Å²) in [5.41, 5.74) is -13.3. The Morgan fingerprint density at radius 2 is 0.500 bits per heavy atom. The van der Waals surface area contributed by atoms with Gasteiger partial charge in [0.25, 0.3) is 0 Å². The van der Waals surface area contributed by atoms with Gasteiger partial charge >= 0.3 is 54.1 Å². The van der Waals surface area contributed by atoms with Crippen molar-refractivity contribution in [3.8, 4) is 0 Å². The van der Waals surface area contributed by atoms with Crippen LogP contribution in [0.25, 0.3) is 0 Å². The first-order valence-electron chi connectivity index (χ1n) is 25.7. The molecule has 0 atom stereocenters. The number of ketones is 3. The Kier molecular flexibility index (Phi) is 8.92. The van der Waals surface area contributed by atoms with Crippen LogP contribution in [-0.4, -0.2) is 86.7 Å². The van der Waals surface area contributed by atoms with Gasteiger partial charge in [-0.3, -0.25) is 14.4 Å². The number of aliphatic hydroxyl groups is 3. The number of alkyl halides is 21. The summed E-state index contributed by atoms with van der Waals surface area (Å²) >= 11 is 0. The van der Waals surface area contributed by atoms with E-state index in [1.54, 1.807) is 0 Å². The second kappa shape index (κ2) is 19.2. The Morgan fingerprint density at radius 1 is 0.362 bits per heavy atom. The van der Waals surface area contributed by atoms with Gasteiger partial charge in [0.1, 0.15) is 17.3 Å². The van der Waals surface area contributed by atoms with Crippen LogP contribution in [0.15, 0.2) is 35.5 Å². The van der Waals surface area contributed by atoms with Crippen molar-refractivity contribution in [1.29, 1.82) is 0 Å². The fourth-order valence-electron chi connectivity index (χ4n) is 1.97. The molecule has 0 heterocycles. The molecule has 58 heavy (non-hydrogen) atoms. The van der Waals surface area contributed by atoms with Gasteiger partial charge < -0.3 is 15.3 Å². The van der Waals surface area contributed by atoms with Gasteiger partial charge in [-0.15, -0.1) is 0 Å². The molecule has 1 radical (unpaired) electrons. The van der Waals surface area contributed by atoms with Crippen LogP contribution in [0.1, 0.15) is 98.7 Å². The molecular weight excluding hydrogens is 1010 g/mol. The summed E-state index contributed by atoms with van der Waals surface area (Å²) in [6.45, 7) is -38.4. The molecule has 28 heteroatoms. The Bertz CT molecular complexity index is 2100. The van der Waals surface area contributed by atoms with Crippen LogP contribution in [0.2, 0.25) is 0 Å². The van der Waals surface area contributed by atoms with Crippen molar-refractivity contribution < 1.29 is 208 Å². The first-order valence-corrected chi connectivity index (χ1v) is 12.2. The fourth-order valence-corrected chi connectivity index (χ4v) is 1.97. The number of carbonyl (C=O) groups excluding carboxylic acids is 3. The summed E-state index contributed by atoms with van der Waals surface area (Å²) in [6.07, 6.45) is -24.7. The summed E-state index contributed by atoms with van der Waals surface area (Å²) in [4.78, 5) is 33.8. The molecule has 0 bridgehead atoms. The third-order valence-corrected chi connectivity index (χ3v) is 5.14. The minimum atomic E-state index is -7.00. The smallest absolute Gasteiger partial charge is 0.460 e. The number of hydrogen-bond acceptors (Lipinski definition) is 6. The van der Waals surface area contributed by atoms with Crippen LogP contribution in [0, 0.1) is 65.6 Å². The van der Waals surface area contributed by atoms with Gasteiger partial charge in [-0.05, 0) is 0 Å². The van der Waals surface area contributed by atoms with E-state index in [1.807, 2.05) is 0 Å². The van der Waals surface area contributed by atoms with Crippen molar-refractivity contribution in [2.45, 2.75) is 116 Å². The molecule has 0 saturated carbocycles. The average molecular weight is 1070 g/mol. The second-order valence-electron chi connectivity index (χ2n) is 9.87. The van der Waals surface area contributed by atoms with Gasteiger partial charge in [0, 0.05) is 121 Å². The average Bonchev–Trinajstić information content (AvgIpc) is 3.11. The van der Waals surface area contributed by atoms with Crippen molar-refractivity contribution in [3.63, 3.8) is 0 Å². The zero-order valence-corrected chi connectivity index (χ0v) is 28.5. The van der Waals surface area contributed by atoms with E-state index in [0.29, 0.717) is 0 Å². The molecule has 0 unspecified atom stereocenters. The van der Waals surface area contributed by atoms with Crippen LogP contribution < -0.4 is 0 Å². The van der Waals surface area contributed by atoms with Gasteiger partial charge in [0.15, 0.2) is 0 Å². The van der Waals surface area contributed by atoms with Crippen molar-refractivity contribution >= 4 is 17.3 Å². The second-order valence-corrected chi connectivity index (χ2v) is 9.87. The largest absolute Gasteiger partial charge is 0.512 e. The summed E-state index contributed by atoms with van der Waals surface area (Å²) in [7, 11) is 0. The summed E-state index contributed by atoms with van der Waals surface area (Å²) < 4.78 is 457. The molecule has 0 spiro atoms. The van der Waals surface area contributed by atoms with E-state index in [1.165, 1.54) is 0 Å². The molecule has 0 aromatic rings. The third kappa shape index (κ3) is 15.0. The number of halogens is 21. The maximum absolute atomic E-state index is 13.3. The van der Waals surface area contributed by atoms with E-state index in [0.717, 1.165) is 0 Å². The Morgan fingerprint density at radius 3 is 0.603 bits per heavy atom. The fraction of sp³-hybridized carbons (Fsp3) is 0.700. The molecule has 0 aromatic heterocycles. The van der Waals surface area contributed by atoms with E-state index in [4.69, 9.17) is 37.0 Å². The molecule has 0 amide bonds. The molecular formula is C30H33EuF21O6. The van der Waals surface area contributed by atoms with Crippen molar-refractivity contribution in [3.05, 3.63) is 35.5 Å². The molecule has 6 nitrogen and oxygen atoms in total. The Hall–Kier alpha value is -2.26. The number of aliphatic hydroxyl groups excluding tert-OH is 3. The van der Waals surface area contributed by atoms with Gasteiger partial charge in [-0.1, -0.05) is 61.7 Å². The van der Waals surface area contributed by atoms with E-state index in [-0.39, 0.29) is 49.4 Å². The maximum Gasteiger partial charge on any atom is 0.460 e. The number of rotatable bonds is 9. The van der Waals surface area contributed by atoms with E-state index in [9.17, 15) is 122 Å². The predicted molar refractivity (Wildman–Crippen MR) is 153 cm³/mol. The maximum atomic E-state index is 13.3. The topological polar surface area (TPSA) is 112 Å². The minimum Gasteiger partial charge on any atom is -0.512 e. The van der Waals surface area contributed by atoms with Crippen molar-refractivity contribution in [2.75, 3.05) is 0 Å².